The predicted octanol–water partition coefficient (Wildman–Crippen LogP) is 1.15. The zero-order chi connectivity index (χ0) is 17.5. The first-order valence-electron chi connectivity index (χ1n) is 7.46. The Morgan fingerprint density at radius 1 is 1.09 bits per heavy atom. The van der Waals surface area contributed by atoms with E-state index in [4.69, 9.17) is 4.74 Å². The summed E-state index contributed by atoms with van der Waals surface area (Å²) in [6.07, 6.45) is -3.45. The molecule has 132 valence electrons. The summed E-state index contributed by atoms with van der Waals surface area (Å²) in [4.78, 5) is 33.9. The third-order valence-corrected chi connectivity index (χ3v) is 3.66. The van der Waals surface area contributed by atoms with Crippen molar-refractivity contribution in [1.29, 1.82) is 0 Å². The van der Waals surface area contributed by atoms with Gasteiger partial charge in [-0.3, -0.25) is 14.4 Å². The Morgan fingerprint density at radius 3 is 2.30 bits per heavy atom. The van der Waals surface area contributed by atoms with Crippen LogP contribution >= 0.6 is 0 Å². The number of nitrogens with one attached hydrogen (secondary N) is 2. The molecule has 0 aromatic heterocycles. The molecular formula is C14H21F3N2O4. The van der Waals surface area contributed by atoms with Crippen molar-refractivity contribution in [2.24, 2.45) is 11.8 Å². The van der Waals surface area contributed by atoms with Gasteiger partial charge in [-0.15, -0.1) is 0 Å². The van der Waals surface area contributed by atoms with E-state index in [0.717, 1.165) is 0 Å². The lowest BCUT2D eigenvalue weighted by molar-refractivity contribution is -0.205. The fourth-order valence-corrected chi connectivity index (χ4v) is 2.54. The van der Waals surface area contributed by atoms with Gasteiger partial charge in [0.1, 0.15) is 0 Å². The first-order chi connectivity index (χ1) is 10.7. The number of amides is 2. The van der Waals surface area contributed by atoms with Crippen molar-refractivity contribution in [3.8, 4) is 0 Å². The van der Waals surface area contributed by atoms with Gasteiger partial charge in [0.25, 0.3) is 5.91 Å². The first kappa shape index (κ1) is 19.2. The molecule has 2 amide bonds. The third kappa shape index (κ3) is 6.87. The molecule has 0 aromatic carbocycles. The number of alkyl halides is 3. The van der Waals surface area contributed by atoms with Crippen LogP contribution in [0.2, 0.25) is 0 Å². The van der Waals surface area contributed by atoms with Gasteiger partial charge in [-0.1, -0.05) is 12.8 Å². The number of esters is 1. The number of hydrogen-bond acceptors (Lipinski definition) is 4. The van der Waals surface area contributed by atoms with Crippen molar-refractivity contribution in [2.75, 3.05) is 19.7 Å². The molecule has 9 heteroatoms. The smallest absolute Gasteiger partial charge is 0.392 e. The van der Waals surface area contributed by atoms with Crippen LogP contribution in [0.4, 0.5) is 13.2 Å². The lowest BCUT2D eigenvalue weighted by Crippen LogP contribution is -2.40. The standard InChI is InChI=1S/C14H21F3N2O4/c1-9(20)18-6-7-19-12(21)8-23-13(22)10-4-2-3-5-11(10)14(15,16)17/h10-11H,2-8H2,1H3,(H,18,20)(H,19,21). The van der Waals surface area contributed by atoms with Crippen LogP contribution in [0, 0.1) is 11.8 Å². The highest BCUT2D eigenvalue weighted by Crippen LogP contribution is 2.41. The largest absolute Gasteiger partial charge is 0.455 e. The minimum Gasteiger partial charge on any atom is -0.455 e. The number of hydrogen-bond donors (Lipinski definition) is 2. The molecule has 1 aliphatic carbocycles. The fourth-order valence-electron chi connectivity index (χ4n) is 2.54. The molecule has 1 saturated carbocycles. The maximum absolute atomic E-state index is 12.9. The Bertz CT molecular complexity index is 440. The van der Waals surface area contributed by atoms with E-state index < -0.39 is 36.5 Å². The van der Waals surface area contributed by atoms with E-state index in [1.807, 2.05) is 0 Å². The fraction of sp³-hybridized carbons (Fsp3) is 0.786. The number of carbonyl (C=O) groups excluding carboxylic acids is 3. The highest BCUT2D eigenvalue weighted by Gasteiger charge is 2.48. The first-order valence-corrected chi connectivity index (χ1v) is 7.46. The minimum atomic E-state index is -4.44. The normalized spacial score (nSPS) is 21.4. The molecule has 0 aromatic rings. The maximum Gasteiger partial charge on any atom is 0.392 e. The second kappa shape index (κ2) is 8.73. The Hall–Kier alpha value is -1.80. The SMILES string of the molecule is CC(=O)NCCNC(=O)COC(=O)C1CCCCC1C(F)(F)F. The van der Waals surface area contributed by atoms with Crippen molar-refractivity contribution in [2.45, 2.75) is 38.8 Å². The predicted molar refractivity (Wildman–Crippen MR) is 74.2 cm³/mol. The molecular weight excluding hydrogens is 317 g/mol. The van der Waals surface area contributed by atoms with E-state index in [-0.39, 0.29) is 31.8 Å². The van der Waals surface area contributed by atoms with Gasteiger partial charge < -0.3 is 15.4 Å². The molecule has 1 fully saturated rings. The second-order valence-corrected chi connectivity index (χ2v) is 5.48. The summed E-state index contributed by atoms with van der Waals surface area (Å²) in [6, 6.07) is 0. The van der Waals surface area contributed by atoms with Crippen LogP contribution in [0.3, 0.4) is 0 Å². The van der Waals surface area contributed by atoms with Crippen LogP contribution in [-0.2, 0) is 19.1 Å². The summed E-state index contributed by atoms with van der Waals surface area (Å²) in [6.45, 7) is 1.06. The maximum atomic E-state index is 12.9. The molecule has 2 N–H and O–H groups in total. The van der Waals surface area contributed by atoms with Crippen molar-refractivity contribution in [1.82, 2.24) is 10.6 Å². The highest BCUT2D eigenvalue weighted by molar-refractivity contribution is 5.81. The number of carbonyl (C=O) groups is 3. The van der Waals surface area contributed by atoms with Gasteiger partial charge in [0, 0.05) is 20.0 Å². The van der Waals surface area contributed by atoms with Crippen LogP contribution in [-0.4, -0.2) is 43.7 Å². The zero-order valence-electron chi connectivity index (χ0n) is 12.9. The van der Waals surface area contributed by atoms with E-state index >= 15 is 0 Å². The summed E-state index contributed by atoms with van der Waals surface area (Å²) in [5.74, 6) is -4.80. The summed E-state index contributed by atoms with van der Waals surface area (Å²) in [7, 11) is 0. The van der Waals surface area contributed by atoms with Crippen molar-refractivity contribution >= 4 is 17.8 Å². The molecule has 0 aliphatic heterocycles. The molecule has 1 aliphatic rings. The quantitative estimate of drug-likeness (QED) is 0.562. The Kier molecular flexibility index (Phi) is 7.31. The summed E-state index contributed by atoms with van der Waals surface area (Å²) < 4.78 is 43.4. The Balaban J connectivity index is 2.36. The summed E-state index contributed by atoms with van der Waals surface area (Å²) in [5.41, 5.74) is 0. The molecule has 2 unspecified atom stereocenters. The van der Waals surface area contributed by atoms with Crippen LogP contribution in [0.5, 0.6) is 0 Å². The topological polar surface area (TPSA) is 84.5 Å². The Morgan fingerprint density at radius 2 is 1.70 bits per heavy atom. The molecule has 0 saturated heterocycles. The van der Waals surface area contributed by atoms with Crippen molar-refractivity contribution in [3.63, 3.8) is 0 Å². The lowest BCUT2D eigenvalue weighted by Gasteiger charge is -2.31. The van der Waals surface area contributed by atoms with Gasteiger partial charge in [0.15, 0.2) is 6.61 Å². The average Bonchev–Trinajstić information content (AvgIpc) is 2.48. The van der Waals surface area contributed by atoms with Crippen LogP contribution in [0.15, 0.2) is 0 Å². The van der Waals surface area contributed by atoms with E-state index in [2.05, 4.69) is 10.6 Å². The number of rotatable bonds is 6. The van der Waals surface area contributed by atoms with Gasteiger partial charge in [0.2, 0.25) is 5.91 Å². The molecule has 23 heavy (non-hydrogen) atoms. The third-order valence-electron chi connectivity index (χ3n) is 3.66. The van der Waals surface area contributed by atoms with Crippen LogP contribution in [0.25, 0.3) is 0 Å². The van der Waals surface area contributed by atoms with Gasteiger partial charge in [-0.25, -0.2) is 0 Å². The van der Waals surface area contributed by atoms with Crippen LogP contribution < -0.4 is 10.6 Å². The second-order valence-electron chi connectivity index (χ2n) is 5.48. The number of halogens is 3. The van der Waals surface area contributed by atoms with E-state index in [0.29, 0.717) is 12.8 Å². The van der Waals surface area contributed by atoms with Gasteiger partial charge in [-0.2, -0.15) is 13.2 Å². The molecule has 0 bridgehead atoms. The van der Waals surface area contributed by atoms with Crippen molar-refractivity contribution in [3.05, 3.63) is 0 Å². The lowest BCUT2D eigenvalue weighted by atomic mass is 9.79. The van der Waals surface area contributed by atoms with Crippen LogP contribution in [0.1, 0.15) is 32.6 Å². The van der Waals surface area contributed by atoms with Crippen molar-refractivity contribution < 1.29 is 32.3 Å². The minimum absolute atomic E-state index is 0.0911. The zero-order valence-corrected chi connectivity index (χ0v) is 12.9. The molecule has 0 heterocycles. The van der Waals surface area contributed by atoms with Gasteiger partial charge >= 0.3 is 12.1 Å². The molecule has 0 spiro atoms. The summed E-state index contributed by atoms with van der Waals surface area (Å²) in [5, 5.41) is 4.84. The number of ether oxygens (including phenoxy) is 1. The summed E-state index contributed by atoms with van der Waals surface area (Å²) >= 11 is 0. The monoisotopic (exact) mass is 338 g/mol. The van der Waals surface area contributed by atoms with E-state index in [1.165, 1.54) is 6.92 Å². The average molecular weight is 338 g/mol. The van der Waals surface area contributed by atoms with E-state index in [1.54, 1.807) is 0 Å². The van der Waals surface area contributed by atoms with E-state index in [9.17, 15) is 27.6 Å². The highest BCUT2D eigenvalue weighted by atomic mass is 19.4. The molecule has 1 rings (SSSR count). The van der Waals surface area contributed by atoms with Gasteiger partial charge in [-0.05, 0) is 12.8 Å². The molecule has 2 atom stereocenters. The van der Waals surface area contributed by atoms with Gasteiger partial charge in [0.05, 0.1) is 11.8 Å². The Labute approximate surface area is 132 Å². The molecule has 6 nitrogen and oxygen atoms in total. The molecule has 0 radical (unpaired) electrons.